The Morgan fingerprint density at radius 2 is 1.68 bits per heavy atom. The van der Waals surface area contributed by atoms with Crippen molar-refractivity contribution in [3.63, 3.8) is 0 Å². The molecule has 0 aromatic heterocycles. The molecule has 2 N–H and O–H groups in total. The number of nitrogens with one attached hydrogen (secondary N) is 2. The van der Waals surface area contributed by atoms with Crippen LogP contribution in [0.3, 0.4) is 0 Å². The van der Waals surface area contributed by atoms with E-state index < -0.39 is 0 Å². The minimum Gasteiger partial charge on any atom is -0.473 e. The molecule has 0 saturated carbocycles. The Kier molecular flexibility index (Phi) is 6.07. The van der Waals surface area contributed by atoms with Crippen molar-refractivity contribution in [2.24, 2.45) is 0 Å². The standard InChI is InChI=1S/C21H28N2O2/c1-13(2)18-9-7-8-15(4)19(18)23-21(24)22-12-25-20-16(5)11-10-14(3)17(20)6/h7-11,13H,12H2,1-6H3,(H2,22,23,24). The normalized spacial score (nSPS) is 10.7. The lowest BCUT2D eigenvalue weighted by Crippen LogP contribution is -2.32. The topological polar surface area (TPSA) is 50.4 Å². The molecule has 134 valence electrons. The third-order valence-electron chi connectivity index (χ3n) is 4.49. The van der Waals surface area contributed by atoms with Gasteiger partial charge in [0.05, 0.1) is 0 Å². The summed E-state index contributed by atoms with van der Waals surface area (Å²) in [5.74, 6) is 1.17. The molecule has 0 unspecified atom stereocenters. The van der Waals surface area contributed by atoms with E-state index in [2.05, 4.69) is 30.5 Å². The zero-order chi connectivity index (χ0) is 18.6. The van der Waals surface area contributed by atoms with Crippen molar-refractivity contribution >= 4 is 11.7 Å². The highest BCUT2D eigenvalue weighted by Gasteiger charge is 2.12. The lowest BCUT2D eigenvalue weighted by atomic mass is 9.98. The molecule has 0 bridgehead atoms. The highest BCUT2D eigenvalue weighted by molar-refractivity contribution is 5.91. The Hall–Kier alpha value is -2.49. The summed E-state index contributed by atoms with van der Waals surface area (Å²) < 4.78 is 5.79. The first kappa shape index (κ1) is 18.8. The fourth-order valence-corrected chi connectivity index (χ4v) is 2.82. The molecule has 0 aliphatic carbocycles. The van der Waals surface area contributed by atoms with Gasteiger partial charge < -0.3 is 15.4 Å². The molecule has 0 aliphatic heterocycles. The van der Waals surface area contributed by atoms with E-state index in [-0.39, 0.29) is 12.8 Å². The fraction of sp³-hybridized carbons (Fsp3) is 0.381. The molecule has 2 amide bonds. The van der Waals surface area contributed by atoms with Crippen LogP contribution in [-0.4, -0.2) is 12.8 Å². The van der Waals surface area contributed by atoms with Crippen LogP contribution >= 0.6 is 0 Å². The van der Waals surface area contributed by atoms with E-state index in [1.54, 1.807) is 0 Å². The van der Waals surface area contributed by atoms with Crippen LogP contribution in [0, 0.1) is 27.7 Å². The van der Waals surface area contributed by atoms with Gasteiger partial charge in [-0.25, -0.2) is 4.79 Å². The van der Waals surface area contributed by atoms with Crippen LogP contribution in [0.1, 0.15) is 47.6 Å². The van der Waals surface area contributed by atoms with Gasteiger partial charge in [0, 0.05) is 5.69 Å². The maximum absolute atomic E-state index is 12.3. The van der Waals surface area contributed by atoms with Gasteiger partial charge in [0.15, 0.2) is 6.73 Å². The van der Waals surface area contributed by atoms with E-state index in [0.717, 1.165) is 33.7 Å². The zero-order valence-electron chi connectivity index (χ0n) is 16.0. The Balaban J connectivity index is 2.00. The zero-order valence-corrected chi connectivity index (χ0v) is 16.0. The third-order valence-corrected chi connectivity index (χ3v) is 4.49. The minimum absolute atomic E-state index is 0.125. The summed E-state index contributed by atoms with van der Waals surface area (Å²) >= 11 is 0. The maximum atomic E-state index is 12.3. The summed E-state index contributed by atoms with van der Waals surface area (Å²) in [6.07, 6.45) is 0. The van der Waals surface area contributed by atoms with Crippen LogP contribution in [0.4, 0.5) is 10.5 Å². The lowest BCUT2D eigenvalue weighted by molar-refractivity contribution is 0.234. The van der Waals surface area contributed by atoms with E-state index in [1.807, 2.05) is 52.0 Å². The maximum Gasteiger partial charge on any atom is 0.321 e. The number of rotatable bonds is 5. The van der Waals surface area contributed by atoms with Crippen molar-refractivity contribution in [2.45, 2.75) is 47.5 Å². The van der Waals surface area contributed by atoms with Crippen LogP contribution in [0.15, 0.2) is 30.3 Å². The molecule has 0 fully saturated rings. The molecular weight excluding hydrogens is 312 g/mol. The van der Waals surface area contributed by atoms with Gasteiger partial charge in [-0.1, -0.05) is 44.2 Å². The van der Waals surface area contributed by atoms with Gasteiger partial charge in [-0.2, -0.15) is 0 Å². The van der Waals surface area contributed by atoms with Crippen molar-refractivity contribution < 1.29 is 9.53 Å². The van der Waals surface area contributed by atoms with Crippen molar-refractivity contribution in [1.29, 1.82) is 0 Å². The van der Waals surface area contributed by atoms with Gasteiger partial charge in [0.1, 0.15) is 5.75 Å². The molecule has 0 radical (unpaired) electrons. The second-order valence-corrected chi connectivity index (χ2v) is 6.77. The summed E-state index contributed by atoms with van der Waals surface area (Å²) in [5.41, 5.74) is 6.38. The third kappa shape index (κ3) is 4.53. The van der Waals surface area contributed by atoms with Gasteiger partial charge in [0.25, 0.3) is 0 Å². The average molecular weight is 340 g/mol. The van der Waals surface area contributed by atoms with Crippen molar-refractivity contribution in [1.82, 2.24) is 5.32 Å². The van der Waals surface area contributed by atoms with Gasteiger partial charge in [-0.05, 0) is 61.4 Å². The summed E-state index contributed by atoms with van der Waals surface area (Å²) in [7, 11) is 0. The second kappa shape index (κ2) is 8.06. The quantitative estimate of drug-likeness (QED) is 0.735. The molecule has 4 heteroatoms. The predicted molar refractivity (Wildman–Crippen MR) is 104 cm³/mol. The molecule has 0 heterocycles. The van der Waals surface area contributed by atoms with Crippen molar-refractivity contribution in [2.75, 3.05) is 12.0 Å². The van der Waals surface area contributed by atoms with Gasteiger partial charge >= 0.3 is 6.03 Å². The smallest absolute Gasteiger partial charge is 0.321 e. The average Bonchev–Trinajstić information content (AvgIpc) is 2.56. The number of benzene rings is 2. The monoisotopic (exact) mass is 340 g/mol. The molecule has 2 rings (SSSR count). The molecular formula is C21H28N2O2. The van der Waals surface area contributed by atoms with E-state index in [1.165, 1.54) is 5.56 Å². The predicted octanol–water partition coefficient (Wildman–Crippen LogP) is 5.20. The minimum atomic E-state index is -0.265. The van der Waals surface area contributed by atoms with E-state index in [9.17, 15) is 4.79 Å². The van der Waals surface area contributed by atoms with Crippen molar-refractivity contribution in [3.05, 3.63) is 58.1 Å². The number of hydrogen-bond acceptors (Lipinski definition) is 2. The Morgan fingerprint density at radius 3 is 2.36 bits per heavy atom. The van der Waals surface area contributed by atoms with Crippen LogP contribution in [0.5, 0.6) is 5.75 Å². The van der Waals surface area contributed by atoms with E-state index in [0.29, 0.717) is 5.92 Å². The van der Waals surface area contributed by atoms with Gasteiger partial charge in [-0.15, -0.1) is 0 Å². The Morgan fingerprint density at radius 1 is 1.00 bits per heavy atom. The number of urea groups is 1. The van der Waals surface area contributed by atoms with E-state index in [4.69, 9.17) is 4.74 Å². The molecule has 0 spiro atoms. The first-order valence-corrected chi connectivity index (χ1v) is 8.65. The number of hydrogen-bond donors (Lipinski definition) is 2. The van der Waals surface area contributed by atoms with Gasteiger partial charge in [-0.3, -0.25) is 0 Å². The molecule has 0 saturated heterocycles. The highest BCUT2D eigenvalue weighted by atomic mass is 16.5. The van der Waals surface area contributed by atoms with Crippen LogP contribution in [0.25, 0.3) is 0 Å². The van der Waals surface area contributed by atoms with Crippen molar-refractivity contribution in [3.8, 4) is 5.75 Å². The first-order valence-electron chi connectivity index (χ1n) is 8.65. The number of carbonyl (C=O) groups is 1. The van der Waals surface area contributed by atoms with Crippen LogP contribution in [0.2, 0.25) is 0 Å². The molecule has 2 aromatic carbocycles. The molecule has 0 aliphatic rings. The largest absolute Gasteiger partial charge is 0.473 e. The number of amides is 2. The van der Waals surface area contributed by atoms with E-state index >= 15 is 0 Å². The summed E-state index contributed by atoms with van der Waals surface area (Å²) in [6, 6.07) is 9.89. The summed E-state index contributed by atoms with van der Waals surface area (Å²) in [4.78, 5) is 12.3. The number of aryl methyl sites for hydroxylation is 3. The summed E-state index contributed by atoms with van der Waals surface area (Å²) in [6.45, 7) is 12.4. The Labute approximate surface area is 150 Å². The van der Waals surface area contributed by atoms with Crippen LogP contribution < -0.4 is 15.4 Å². The van der Waals surface area contributed by atoms with Gasteiger partial charge in [0.2, 0.25) is 0 Å². The second-order valence-electron chi connectivity index (χ2n) is 6.77. The fourth-order valence-electron chi connectivity index (χ4n) is 2.82. The number of para-hydroxylation sites is 1. The molecule has 0 atom stereocenters. The first-order chi connectivity index (χ1) is 11.8. The number of carbonyl (C=O) groups excluding carboxylic acids is 1. The summed E-state index contributed by atoms with van der Waals surface area (Å²) in [5, 5.41) is 5.73. The molecule has 2 aromatic rings. The Bertz CT molecular complexity index is 767. The molecule has 25 heavy (non-hydrogen) atoms. The SMILES string of the molecule is Cc1ccc(C)c(OCNC(=O)Nc2c(C)cccc2C(C)C)c1C. The number of ether oxygens (including phenoxy) is 1. The highest BCUT2D eigenvalue weighted by Crippen LogP contribution is 2.27. The number of anilines is 1. The lowest BCUT2D eigenvalue weighted by Gasteiger charge is -2.18. The van der Waals surface area contributed by atoms with Crippen LogP contribution in [-0.2, 0) is 0 Å². The molecule has 4 nitrogen and oxygen atoms in total.